The molecule has 0 bridgehead atoms. The first-order chi connectivity index (χ1) is 9.11. The van der Waals surface area contributed by atoms with Crippen LogP contribution in [0.5, 0.6) is 0 Å². The second kappa shape index (κ2) is 6.15. The molecule has 1 aromatic carbocycles. The molecule has 1 N–H and O–H groups in total. The fourth-order valence-corrected chi connectivity index (χ4v) is 2.12. The Labute approximate surface area is 113 Å². The molecule has 0 spiro atoms. The fourth-order valence-electron chi connectivity index (χ4n) is 2.12. The van der Waals surface area contributed by atoms with Crippen molar-refractivity contribution in [1.29, 1.82) is 0 Å². The summed E-state index contributed by atoms with van der Waals surface area (Å²) in [6.07, 6.45) is 2.43. The Morgan fingerprint density at radius 3 is 2.84 bits per heavy atom. The van der Waals surface area contributed by atoms with Crippen LogP contribution in [0, 0.1) is 18.7 Å². The zero-order valence-electron chi connectivity index (χ0n) is 11.4. The van der Waals surface area contributed by atoms with E-state index >= 15 is 0 Å². The number of benzene rings is 1. The van der Waals surface area contributed by atoms with Gasteiger partial charge in [-0.2, -0.15) is 0 Å². The van der Waals surface area contributed by atoms with E-state index in [1.54, 1.807) is 13.0 Å². The Kier molecular flexibility index (Phi) is 4.53. The van der Waals surface area contributed by atoms with Crippen molar-refractivity contribution in [2.24, 2.45) is 5.92 Å². The topological polar surface area (TPSA) is 38.3 Å². The second-order valence-corrected chi connectivity index (χ2v) is 5.04. The van der Waals surface area contributed by atoms with Gasteiger partial charge >= 0.3 is 5.97 Å². The van der Waals surface area contributed by atoms with Crippen molar-refractivity contribution in [2.75, 3.05) is 13.2 Å². The van der Waals surface area contributed by atoms with Crippen molar-refractivity contribution >= 4 is 5.97 Å². The summed E-state index contributed by atoms with van der Waals surface area (Å²) in [4.78, 5) is 12.0. The Bertz CT molecular complexity index is 457. The molecule has 4 heteroatoms. The van der Waals surface area contributed by atoms with E-state index in [0.717, 1.165) is 17.7 Å². The number of nitrogens with one attached hydrogen (secondary N) is 1. The lowest BCUT2D eigenvalue weighted by Crippen LogP contribution is -2.32. The van der Waals surface area contributed by atoms with Gasteiger partial charge in [-0.25, -0.2) is 9.18 Å². The zero-order chi connectivity index (χ0) is 13.8. The van der Waals surface area contributed by atoms with Gasteiger partial charge in [0.2, 0.25) is 0 Å². The van der Waals surface area contributed by atoms with Crippen LogP contribution in [0.2, 0.25) is 0 Å². The molecule has 2 rings (SSSR count). The van der Waals surface area contributed by atoms with Crippen LogP contribution >= 0.6 is 0 Å². The van der Waals surface area contributed by atoms with Gasteiger partial charge in [0.25, 0.3) is 0 Å². The summed E-state index contributed by atoms with van der Waals surface area (Å²) in [5.41, 5.74) is 1.56. The summed E-state index contributed by atoms with van der Waals surface area (Å²) < 4.78 is 18.2. The first-order valence-corrected chi connectivity index (χ1v) is 6.78. The van der Waals surface area contributed by atoms with Gasteiger partial charge < -0.3 is 10.1 Å². The molecule has 0 radical (unpaired) electrons. The van der Waals surface area contributed by atoms with Crippen molar-refractivity contribution in [2.45, 2.75) is 32.7 Å². The predicted molar refractivity (Wildman–Crippen MR) is 71.2 cm³/mol. The summed E-state index contributed by atoms with van der Waals surface area (Å²) >= 11 is 0. The molecule has 1 aromatic rings. The molecule has 0 heterocycles. The zero-order valence-corrected chi connectivity index (χ0v) is 11.4. The number of halogens is 1. The van der Waals surface area contributed by atoms with Gasteiger partial charge in [0.05, 0.1) is 6.61 Å². The van der Waals surface area contributed by atoms with Gasteiger partial charge in [-0.3, -0.25) is 0 Å². The minimum absolute atomic E-state index is 0.286. The third kappa shape index (κ3) is 3.77. The molecule has 3 nitrogen and oxygen atoms in total. The van der Waals surface area contributed by atoms with Crippen LogP contribution < -0.4 is 5.32 Å². The van der Waals surface area contributed by atoms with Crippen LogP contribution in [0.15, 0.2) is 18.2 Å². The molecule has 19 heavy (non-hydrogen) atoms. The van der Waals surface area contributed by atoms with E-state index in [1.807, 2.05) is 6.92 Å². The lowest BCUT2D eigenvalue weighted by molar-refractivity contribution is -0.145. The van der Waals surface area contributed by atoms with Gasteiger partial charge in [0.15, 0.2) is 0 Å². The minimum atomic E-state index is -0.499. The lowest BCUT2D eigenvalue weighted by Gasteiger charge is -2.19. The lowest BCUT2D eigenvalue weighted by atomic mass is 10.0. The number of rotatable bonds is 6. The monoisotopic (exact) mass is 265 g/mol. The number of carbonyl (C=O) groups excluding carboxylic acids is 1. The molecule has 0 aliphatic heterocycles. The average molecular weight is 265 g/mol. The largest absolute Gasteiger partial charge is 0.465 e. The fraction of sp³-hybridized carbons (Fsp3) is 0.533. The van der Waals surface area contributed by atoms with E-state index in [-0.39, 0.29) is 11.8 Å². The van der Waals surface area contributed by atoms with Crippen molar-refractivity contribution < 1.29 is 13.9 Å². The highest BCUT2D eigenvalue weighted by molar-refractivity contribution is 5.78. The molecule has 1 aliphatic rings. The molecule has 0 aromatic heterocycles. The maximum absolute atomic E-state index is 13.1. The molecule has 104 valence electrons. The molecule has 1 unspecified atom stereocenters. The predicted octanol–water partition coefficient (Wildman–Crippen LogP) is 2.74. The van der Waals surface area contributed by atoms with E-state index in [0.29, 0.717) is 12.5 Å². The van der Waals surface area contributed by atoms with E-state index in [9.17, 15) is 9.18 Å². The molecule has 1 fully saturated rings. The summed E-state index contributed by atoms with van der Waals surface area (Å²) in [5.74, 6) is 0.0848. The number of hydrogen-bond acceptors (Lipinski definition) is 3. The summed E-state index contributed by atoms with van der Waals surface area (Å²) in [6.45, 7) is 4.75. The number of carbonyl (C=O) groups is 1. The molecular formula is C15H20FNO2. The Morgan fingerprint density at radius 1 is 1.53 bits per heavy atom. The van der Waals surface area contributed by atoms with Crippen molar-refractivity contribution in [1.82, 2.24) is 5.32 Å². The molecule has 1 atom stereocenters. The highest BCUT2D eigenvalue weighted by Crippen LogP contribution is 2.29. The average Bonchev–Trinajstić information content (AvgIpc) is 3.16. The van der Waals surface area contributed by atoms with Gasteiger partial charge in [0, 0.05) is 0 Å². The highest BCUT2D eigenvalue weighted by atomic mass is 19.1. The van der Waals surface area contributed by atoms with Crippen LogP contribution in [-0.2, 0) is 9.53 Å². The summed E-state index contributed by atoms with van der Waals surface area (Å²) in [5, 5.41) is 3.25. The quantitative estimate of drug-likeness (QED) is 0.804. The van der Waals surface area contributed by atoms with Crippen molar-refractivity contribution in [3.8, 4) is 0 Å². The van der Waals surface area contributed by atoms with Crippen LogP contribution in [0.3, 0.4) is 0 Å². The first kappa shape index (κ1) is 14.0. The molecule has 0 amide bonds. The van der Waals surface area contributed by atoms with Gasteiger partial charge in [-0.05, 0) is 62.4 Å². The van der Waals surface area contributed by atoms with Crippen molar-refractivity contribution in [3.63, 3.8) is 0 Å². The second-order valence-electron chi connectivity index (χ2n) is 5.04. The van der Waals surface area contributed by atoms with Gasteiger partial charge in [-0.1, -0.05) is 6.07 Å². The van der Waals surface area contributed by atoms with Gasteiger partial charge in [-0.15, -0.1) is 0 Å². The Hall–Kier alpha value is -1.42. The summed E-state index contributed by atoms with van der Waals surface area (Å²) in [7, 11) is 0. The van der Waals surface area contributed by atoms with Gasteiger partial charge in [0.1, 0.15) is 11.9 Å². The third-order valence-electron chi connectivity index (χ3n) is 3.37. The van der Waals surface area contributed by atoms with E-state index in [2.05, 4.69) is 5.32 Å². The minimum Gasteiger partial charge on any atom is -0.465 e. The maximum atomic E-state index is 13.1. The van der Waals surface area contributed by atoms with E-state index < -0.39 is 6.04 Å². The highest BCUT2D eigenvalue weighted by Gasteiger charge is 2.27. The third-order valence-corrected chi connectivity index (χ3v) is 3.37. The van der Waals surface area contributed by atoms with Crippen LogP contribution in [0.25, 0.3) is 0 Å². The van der Waals surface area contributed by atoms with Crippen LogP contribution in [0.1, 0.15) is 36.9 Å². The van der Waals surface area contributed by atoms with E-state index in [4.69, 9.17) is 4.74 Å². The Morgan fingerprint density at radius 2 is 2.26 bits per heavy atom. The number of esters is 1. The summed E-state index contributed by atoms with van der Waals surface area (Å²) in [6, 6.07) is 3.99. The number of aryl methyl sites for hydroxylation is 1. The van der Waals surface area contributed by atoms with Crippen LogP contribution in [-0.4, -0.2) is 19.1 Å². The number of ether oxygens (including phenoxy) is 1. The first-order valence-electron chi connectivity index (χ1n) is 6.78. The smallest absolute Gasteiger partial charge is 0.327 e. The molecule has 1 aliphatic carbocycles. The maximum Gasteiger partial charge on any atom is 0.327 e. The normalized spacial score (nSPS) is 16.2. The SMILES string of the molecule is CCOC(=O)C(NCC1CC1)c1ccc(F)cc1C. The molecular weight excluding hydrogens is 245 g/mol. The number of hydrogen-bond donors (Lipinski definition) is 1. The van der Waals surface area contributed by atoms with Crippen molar-refractivity contribution in [3.05, 3.63) is 35.1 Å². The Balaban J connectivity index is 2.15. The molecule has 1 saturated carbocycles. The molecule has 0 saturated heterocycles. The van der Waals surface area contributed by atoms with Crippen LogP contribution in [0.4, 0.5) is 4.39 Å². The van der Waals surface area contributed by atoms with E-state index in [1.165, 1.54) is 25.0 Å². The standard InChI is InChI=1S/C15H20FNO2/c1-3-19-15(18)14(17-9-11-4-5-11)13-7-6-12(16)8-10(13)2/h6-8,11,14,17H,3-5,9H2,1-2H3.